The number of aromatic nitrogens is 1. The molecule has 1 atom stereocenters. The zero-order valence-electron chi connectivity index (χ0n) is 12.8. The molecule has 1 aromatic carbocycles. The van der Waals surface area contributed by atoms with Crippen LogP contribution in [0.4, 0.5) is 0 Å². The Hall–Kier alpha value is -2.86. The van der Waals surface area contributed by atoms with Gasteiger partial charge in [-0.05, 0) is 29.1 Å². The van der Waals surface area contributed by atoms with Crippen LogP contribution in [0, 0.1) is 0 Å². The number of rotatable bonds is 6. The van der Waals surface area contributed by atoms with Crippen molar-refractivity contribution in [2.24, 2.45) is 0 Å². The highest BCUT2D eigenvalue weighted by Crippen LogP contribution is 2.25. The third-order valence-corrected chi connectivity index (χ3v) is 4.36. The highest BCUT2D eigenvalue weighted by atomic mass is 32.1. The predicted molar refractivity (Wildman–Crippen MR) is 91.8 cm³/mol. The molecule has 5 nitrogen and oxygen atoms in total. The fourth-order valence-electron chi connectivity index (χ4n) is 2.29. The van der Waals surface area contributed by atoms with Crippen LogP contribution in [0.2, 0.25) is 0 Å². The van der Waals surface area contributed by atoms with Gasteiger partial charge in [0.2, 0.25) is 0 Å². The zero-order chi connectivity index (χ0) is 16.8. The van der Waals surface area contributed by atoms with Gasteiger partial charge in [0.05, 0.1) is 6.04 Å². The molecule has 0 aliphatic heterocycles. The molecular formula is C18H16N2O3S. The summed E-state index contributed by atoms with van der Waals surface area (Å²) in [6, 6.07) is 16.6. The number of aromatic amines is 1. The number of amides is 1. The number of H-pyrrole nitrogens is 1. The van der Waals surface area contributed by atoms with Crippen LogP contribution in [-0.2, 0) is 9.53 Å². The van der Waals surface area contributed by atoms with Crippen LogP contribution in [0.5, 0.6) is 0 Å². The maximum Gasteiger partial charge on any atom is 0.355 e. The molecule has 3 rings (SSSR count). The Labute approximate surface area is 143 Å². The Bertz CT molecular complexity index is 783. The summed E-state index contributed by atoms with van der Waals surface area (Å²) in [4.78, 5) is 27.7. The summed E-state index contributed by atoms with van der Waals surface area (Å²) in [7, 11) is 0. The van der Waals surface area contributed by atoms with Crippen LogP contribution in [0.3, 0.4) is 0 Å². The van der Waals surface area contributed by atoms with Crippen molar-refractivity contribution < 1.29 is 14.3 Å². The number of benzene rings is 1. The summed E-state index contributed by atoms with van der Waals surface area (Å²) in [5.41, 5.74) is 1.30. The number of hydrogen-bond donors (Lipinski definition) is 2. The van der Waals surface area contributed by atoms with E-state index in [1.54, 1.807) is 29.7 Å². The molecular weight excluding hydrogens is 324 g/mol. The van der Waals surface area contributed by atoms with Crippen LogP contribution < -0.4 is 5.32 Å². The van der Waals surface area contributed by atoms with E-state index in [1.807, 2.05) is 47.8 Å². The molecule has 0 fully saturated rings. The third-order valence-electron chi connectivity index (χ3n) is 3.42. The SMILES string of the molecule is O=C(COC(=O)c1ccc[nH]1)N[C@H](c1ccccc1)c1cccs1. The largest absolute Gasteiger partial charge is 0.451 e. The Morgan fingerprint density at radius 3 is 2.58 bits per heavy atom. The first kappa shape index (κ1) is 16.0. The minimum absolute atomic E-state index is 0.261. The lowest BCUT2D eigenvalue weighted by molar-refractivity contribution is -0.124. The van der Waals surface area contributed by atoms with E-state index >= 15 is 0 Å². The van der Waals surface area contributed by atoms with E-state index in [0.29, 0.717) is 5.69 Å². The van der Waals surface area contributed by atoms with Gasteiger partial charge in [-0.3, -0.25) is 4.79 Å². The number of carbonyl (C=O) groups excluding carboxylic acids is 2. The Kier molecular flexibility index (Phi) is 5.08. The van der Waals surface area contributed by atoms with Crippen molar-refractivity contribution in [1.82, 2.24) is 10.3 Å². The standard InChI is InChI=1S/C18H16N2O3S/c21-16(12-23-18(22)14-8-4-10-19-14)20-17(15-9-5-11-24-15)13-6-2-1-3-7-13/h1-11,17,19H,12H2,(H,20,21)/t17-/m1/s1. The average Bonchev–Trinajstić information content (AvgIpc) is 3.31. The lowest BCUT2D eigenvalue weighted by Crippen LogP contribution is -2.32. The smallest absolute Gasteiger partial charge is 0.355 e. The minimum Gasteiger partial charge on any atom is -0.451 e. The lowest BCUT2D eigenvalue weighted by atomic mass is 10.1. The van der Waals surface area contributed by atoms with Gasteiger partial charge in [0.1, 0.15) is 5.69 Å². The summed E-state index contributed by atoms with van der Waals surface area (Å²) in [6.45, 7) is -0.327. The van der Waals surface area contributed by atoms with Gasteiger partial charge in [-0.1, -0.05) is 36.4 Å². The maximum atomic E-state index is 12.2. The second kappa shape index (κ2) is 7.61. The van der Waals surface area contributed by atoms with E-state index in [0.717, 1.165) is 10.4 Å². The molecule has 0 unspecified atom stereocenters. The number of ether oxygens (including phenoxy) is 1. The van der Waals surface area contributed by atoms with Crippen molar-refractivity contribution in [3.63, 3.8) is 0 Å². The topological polar surface area (TPSA) is 71.2 Å². The van der Waals surface area contributed by atoms with Crippen LogP contribution in [0.1, 0.15) is 27.0 Å². The average molecular weight is 340 g/mol. The lowest BCUT2D eigenvalue weighted by Gasteiger charge is -2.18. The van der Waals surface area contributed by atoms with Crippen molar-refractivity contribution in [2.45, 2.75) is 6.04 Å². The first-order valence-corrected chi connectivity index (χ1v) is 8.30. The summed E-state index contributed by atoms with van der Waals surface area (Å²) in [6.07, 6.45) is 1.62. The second-order valence-corrected chi connectivity index (χ2v) is 6.07. The second-order valence-electron chi connectivity index (χ2n) is 5.09. The third kappa shape index (κ3) is 3.91. The van der Waals surface area contributed by atoms with Gasteiger partial charge in [0, 0.05) is 11.1 Å². The zero-order valence-corrected chi connectivity index (χ0v) is 13.6. The molecule has 1 amide bonds. The Morgan fingerprint density at radius 2 is 1.92 bits per heavy atom. The molecule has 0 bridgehead atoms. The van der Waals surface area contributed by atoms with E-state index in [4.69, 9.17) is 4.74 Å². The van der Waals surface area contributed by atoms with Crippen molar-refractivity contribution in [1.29, 1.82) is 0 Å². The number of carbonyl (C=O) groups is 2. The fraction of sp³-hybridized carbons (Fsp3) is 0.111. The Balaban J connectivity index is 1.65. The van der Waals surface area contributed by atoms with Crippen molar-refractivity contribution in [3.05, 3.63) is 82.3 Å². The molecule has 0 radical (unpaired) electrons. The van der Waals surface area contributed by atoms with Gasteiger partial charge < -0.3 is 15.0 Å². The van der Waals surface area contributed by atoms with E-state index < -0.39 is 5.97 Å². The normalized spacial score (nSPS) is 11.7. The highest BCUT2D eigenvalue weighted by Gasteiger charge is 2.19. The van der Waals surface area contributed by atoms with Crippen molar-refractivity contribution in [3.8, 4) is 0 Å². The van der Waals surface area contributed by atoms with Crippen LogP contribution in [-0.4, -0.2) is 23.5 Å². The summed E-state index contributed by atoms with van der Waals surface area (Å²) < 4.78 is 5.02. The van der Waals surface area contributed by atoms with Crippen molar-refractivity contribution in [2.75, 3.05) is 6.61 Å². The van der Waals surface area contributed by atoms with E-state index in [1.165, 1.54) is 0 Å². The van der Waals surface area contributed by atoms with E-state index in [2.05, 4.69) is 10.3 Å². The molecule has 0 aliphatic rings. The summed E-state index contributed by atoms with van der Waals surface area (Å²) in [5, 5.41) is 4.88. The number of nitrogens with one attached hydrogen (secondary N) is 2. The Morgan fingerprint density at radius 1 is 1.08 bits per heavy atom. The predicted octanol–water partition coefficient (Wildman–Crippen LogP) is 3.14. The number of thiophene rings is 1. The molecule has 0 aliphatic carbocycles. The molecule has 0 spiro atoms. The fourth-order valence-corrected chi connectivity index (χ4v) is 3.09. The number of hydrogen-bond acceptors (Lipinski definition) is 4. The van der Waals surface area contributed by atoms with Crippen LogP contribution in [0.25, 0.3) is 0 Å². The summed E-state index contributed by atoms with van der Waals surface area (Å²) in [5.74, 6) is -0.903. The molecule has 24 heavy (non-hydrogen) atoms. The first-order chi connectivity index (χ1) is 11.7. The molecule has 0 saturated heterocycles. The molecule has 2 N–H and O–H groups in total. The molecule has 2 aromatic heterocycles. The molecule has 0 saturated carbocycles. The van der Waals surface area contributed by atoms with Crippen molar-refractivity contribution >= 4 is 23.2 Å². The highest BCUT2D eigenvalue weighted by molar-refractivity contribution is 7.10. The quantitative estimate of drug-likeness (QED) is 0.677. The molecule has 3 aromatic rings. The molecule has 122 valence electrons. The van der Waals surface area contributed by atoms with E-state index in [9.17, 15) is 9.59 Å². The monoisotopic (exact) mass is 340 g/mol. The van der Waals surface area contributed by atoms with Gasteiger partial charge >= 0.3 is 5.97 Å². The number of esters is 1. The van der Waals surface area contributed by atoms with Crippen LogP contribution in [0.15, 0.2) is 66.2 Å². The summed E-state index contributed by atoms with van der Waals surface area (Å²) >= 11 is 1.56. The minimum atomic E-state index is -0.553. The molecule has 2 heterocycles. The van der Waals surface area contributed by atoms with Gasteiger partial charge in [-0.25, -0.2) is 4.79 Å². The van der Waals surface area contributed by atoms with Gasteiger partial charge in [-0.15, -0.1) is 11.3 Å². The van der Waals surface area contributed by atoms with Crippen LogP contribution >= 0.6 is 11.3 Å². The maximum absolute atomic E-state index is 12.2. The van der Waals surface area contributed by atoms with Gasteiger partial charge in [-0.2, -0.15) is 0 Å². The molecule has 6 heteroatoms. The van der Waals surface area contributed by atoms with Gasteiger partial charge in [0.15, 0.2) is 6.61 Å². The van der Waals surface area contributed by atoms with Gasteiger partial charge in [0.25, 0.3) is 5.91 Å². The first-order valence-electron chi connectivity index (χ1n) is 7.42. The van der Waals surface area contributed by atoms with E-state index in [-0.39, 0.29) is 18.6 Å².